The number of halogens is 4. The molecule has 0 saturated heterocycles. The first-order chi connectivity index (χ1) is 8.79. The van der Waals surface area contributed by atoms with Crippen LogP contribution in [0, 0.1) is 6.92 Å². The van der Waals surface area contributed by atoms with Crippen LogP contribution in [0.3, 0.4) is 0 Å². The van der Waals surface area contributed by atoms with E-state index in [0.717, 1.165) is 16.2 Å². The largest absolute Gasteiger partial charge is 0.417 e. The summed E-state index contributed by atoms with van der Waals surface area (Å²) in [5, 5.41) is -0.235. The van der Waals surface area contributed by atoms with Crippen molar-refractivity contribution in [1.29, 1.82) is 0 Å². The molecule has 0 spiro atoms. The lowest BCUT2D eigenvalue weighted by Gasteiger charge is -2.10. The van der Waals surface area contributed by atoms with Gasteiger partial charge in [-0.3, -0.25) is 9.36 Å². The van der Waals surface area contributed by atoms with Crippen LogP contribution in [-0.2, 0) is 6.18 Å². The van der Waals surface area contributed by atoms with Gasteiger partial charge in [0, 0.05) is 18.5 Å². The van der Waals surface area contributed by atoms with E-state index in [1.165, 1.54) is 12.3 Å². The minimum absolute atomic E-state index is 0.0281. The third-order valence-corrected chi connectivity index (χ3v) is 2.73. The van der Waals surface area contributed by atoms with E-state index >= 15 is 0 Å². The highest BCUT2D eigenvalue weighted by Crippen LogP contribution is 2.31. The van der Waals surface area contributed by atoms with Crippen LogP contribution in [0.5, 0.6) is 0 Å². The molecule has 3 nitrogen and oxygen atoms in total. The molecule has 0 radical (unpaired) electrons. The molecule has 0 aromatic carbocycles. The highest BCUT2D eigenvalue weighted by Gasteiger charge is 2.31. The molecule has 0 aliphatic rings. The Labute approximate surface area is 111 Å². The molecule has 0 saturated carbocycles. The van der Waals surface area contributed by atoms with Crippen molar-refractivity contribution in [3.05, 3.63) is 57.1 Å². The number of rotatable bonds is 1. The fourth-order valence-corrected chi connectivity index (χ4v) is 1.77. The summed E-state index contributed by atoms with van der Waals surface area (Å²) < 4.78 is 38.5. The normalized spacial score (nSPS) is 11.6. The lowest BCUT2D eigenvalue weighted by atomic mass is 10.2. The van der Waals surface area contributed by atoms with Gasteiger partial charge < -0.3 is 0 Å². The van der Waals surface area contributed by atoms with E-state index in [0.29, 0.717) is 6.20 Å². The Balaban J connectivity index is 2.56. The first-order valence-electron chi connectivity index (χ1n) is 5.21. The van der Waals surface area contributed by atoms with E-state index in [9.17, 15) is 18.0 Å². The van der Waals surface area contributed by atoms with Gasteiger partial charge >= 0.3 is 6.18 Å². The van der Waals surface area contributed by atoms with Gasteiger partial charge in [0.25, 0.3) is 5.56 Å². The Morgan fingerprint density at radius 2 is 2.00 bits per heavy atom. The molecular weight excluding hydrogens is 281 g/mol. The van der Waals surface area contributed by atoms with Crippen LogP contribution in [0.2, 0.25) is 5.02 Å². The lowest BCUT2D eigenvalue weighted by Crippen LogP contribution is -2.18. The first-order valence-corrected chi connectivity index (χ1v) is 5.59. The summed E-state index contributed by atoms with van der Waals surface area (Å²) >= 11 is 5.76. The van der Waals surface area contributed by atoms with Crippen LogP contribution in [-0.4, -0.2) is 9.55 Å². The van der Waals surface area contributed by atoms with Gasteiger partial charge in [-0.1, -0.05) is 11.6 Å². The molecule has 0 N–H and O–H groups in total. The predicted octanol–water partition coefficient (Wildman–Crippen LogP) is 3.21. The average molecular weight is 289 g/mol. The molecule has 0 fully saturated rings. The van der Waals surface area contributed by atoms with Gasteiger partial charge in [-0.05, 0) is 24.6 Å². The molecular formula is C12H8ClF3N2O. The summed E-state index contributed by atoms with van der Waals surface area (Å²) in [6, 6.07) is 3.73. The second-order valence-electron chi connectivity index (χ2n) is 3.94. The van der Waals surface area contributed by atoms with Gasteiger partial charge in [0.15, 0.2) is 5.82 Å². The molecule has 0 amide bonds. The molecule has 0 aliphatic carbocycles. The maximum atomic E-state index is 12.5. The van der Waals surface area contributed by atoms with Crippen LogP contribution in [0.4, 0.5) is 13.2 Å². The third-order valence-electron chi connectivity index (χ3n) is 2.45. The van der Waals surface area contributed by atoms with Gasteiger partial charge in [0.05, 0.1) is 10.6 Å². The number of aryl methyl sites for hydroxylation is 1. The van der Waals surface area contributed by atoms with Crippen molar-refractivity contribution in [2.24, 2.45) is 0 Å². The van der Waals surface area contributed by atoms with E-state index in [2.05, 4.69) is 4.98 Å². The van der Waals surface area contributed by atoms with E-state index in [4.69, 9.17) is 11.6 Å². The van der Waals surface area contributed by atoms with Gasteiger partial charge in [-0.15, -0.1) is 0 Å². The molecule has 2 aromatic rings. The Bertz CT molecular complexity index is 679. The minimum Gasteiger partial charge on any atom is -0.269 e. The van der Waals surface area contributed by atoms with Crippen molar-refractivity contribution in [3.8, 4) is 5.82 Å². The van der Waals surface area contributed by atoms with Crippen molar-refractivity contribution in [2.45, 2.75) is 13.1 Å². The van der Waals surface area contributed by atoms with Crippen molar-refractivity contribution in [1.82, 2.24) is 9.55 Å². The number of hydrogen-bond donors (Lipinski definition) is 0. The van der Waals surface area contributed by atoms with Crippen LogP contribution in [0.15, 0.2) is 35.4 Å². The standard InChI is InChI=1S/C12H8ClF3N2O/c1-7-2-3-18(10(19)4-7)11-9(13)5-8(6-17-11)12(14,15)16/h2-6H,1H3. The van der Waals surface area contributed by atoms with Gasteiger partial charge in [0.2, 0.25) is 0 Å². The van der Waals surface area contributed by atoms with Crippen molar-refractivity contribution < 1.29 is 13.2 Å². The smallest absolute Gasteiger partial charge is 0.269 e. The molecule has 0 unspecified atom stereocenters. The number of aromatic nitrogens is 2. The molecule has 0 aliphatic heterocycles. The zero-order valence-corrected chi connectivity index (χ0v) is 10.5. The van der Waals surface area contributed by atoms with Crippen LogP contribution in [0.25, 0.3) is 5.82 Å². The van der Waals surface area contributed by atoms with Gasteiger partial charge in [-0.2, -0.15) is 13.2 Å². The van der Waals surface area contributed by atoms with Gasteiger partial charge in [-0.25, -0.2) is 4.98 Å². The molecule has 2 rings (SSSR count). The lowest BCUT2D eigenvalue weighted by molar-refractivity contribution is -0.137. The van der Waals surface area contributed by atoms with Crippen molar-refractivity contribution in [3.63, 3.8) is 0 Å². The van der Waals surface area contributed by atoms with Crippen LogP contribution >= 0.6 is 11.6 Å². The van der Waals surface area contributed by atoms with E-state index in [1.54, 1.807) is 13.0 Å². The summed E-state index contributed by atoms with van der Waals surface area (Å²) in [5.41, 5.74) is -0.625. The monoisotopic (exact) mass is 288 g/mol. The number of nitrogens with zero attached hydrogens (tertiary/aromatic N) is 2. The van der Waals surface area contributed by atoms with Crippen LogP contribution < -0.4 is 5.56 Å². The number of pyridine rings is 2. The van der Waals surface area contributed by atoms with E-state index < -0.39 is 17.3 Å². The van der Waals surface area contributed by atoms with E-state index in [1.807, 2.05) is 0 Å². The highest BCUT2D eigenvalue weighted by atomic mass is 35.5. The summed E-state index contributed by atoms with van der Waals surface area (Å²) in [4.78, 5) is 15.3. The number of alkyl halides is 3. The fourth-order valence-electron chi connectivity index (χ4n) is 1.52. The minimum atomic E-state index is -4.52. The van der Waals surface area contributed by atoms with E-state index in [-0.39, 0.29) is 10.8 Å². The zero-order chi connectivity index (χ0) is 14.2. The summed E-state index contributed by atoms with van der Waals surface area (Å²) in [7, 11) is 0. The summed E-state index contributed by atoms with van der Waals surface area (Å²) in [5.74, 6) is -0.0281. The summed E-state index contributed by atoms with van der Waals surface area (Å²) in [6.45, 7) is 1.73. The van der Waals surface area contributed by atoms with Crippen LogP contribution in [0.1, 0.15) is 11.1 Å². The Morgan fingerprint density at radius 1 is 1.32 bits per heavy atom. The van der Waals surface area contributed by atoms with Gasteiger partial charge in [0.1, 0.15) is 0 Å². The Hall–Kier alpha value is -1.82. The molecule has 0 bridgehead atoms. The summed E-state index contributed by atoms with van der Waals surface area (Å²) in [6.07, 6.45) is -2.46. The van der Waals surface area contributed by atoms with Crippen molar-refractivity contribution >= 4 is 11.6 Å². The maximum Gasteiger partial charge on any atom is 0.417 e. The highest BCUT2D eigenvalue weighted by molar-refractivity contribution is 6.32. The average Bonchev–Trinajstić information content (AvgIpc) is 2.28. The predicted molar refractivity (Wildman–Crippen MR) is 64.6 cm³/mol. The molecule has 19 heavy (non-hydrogen) atoms. The topological polar surface area (TPSA) is 34.9 Å². The quantitative estimate of drug-likeness (QED) is 0.807. The fraction of sp³-hybridized carbons (Fsp3) is 0.167. The molecule has 0 atom stereocenters. The first kappa shape index (κ1) is 13.6. The molecule has 2 aromatic heterocycles. The Morgan fingerprint density at radius 3 is 2.53 bits per heavy atom. The number of hydrogen-bond acceptors (Lipinski definition) is 2. The molecule has 2 heterocycles. The molecule has 100 valence electrons. The third kappa shape index (κ3) is 2.78. The maximum absolute atomic E-state index is 12.5. The Kier molecular flexibility index (Phi) is 3.36. The molecule has 7 heteroatoms. The second kappa shape index (κ2) is 4.70. The van der Waals surface area contributed by atoms with Crippen molar-refractivity contribution in [2.75, 3.05) is 0 Å². The second-order valence-corrected chi connectivity index (χ2v) is 4.35. The SMILES string of the molecule is Cc1ccn(-c2ncc(C(F)(F)F)cc2Cl)c(=O)c1. The zero-order valence-electron chi connectivity index (χ0n) is 9.70.